The van der Waals surface area contributed by atoms with Crippen LogP contribution in [-0.2, 0) is 21.4 Å². The van der Waals surface area contributed by atoms with Crippen LogP contribution in [0.15, 0.2) is 29.2 Å². The van der Waals surface area contributed by atoms with Gasteiger partial charge in [0.25, 0.3) is 15.9 Å². The fraction of sp³-hybridized carbons (Fsp3) is 0.333. The monoisotopic (exact) mass is 350 g/mol. The average Bonchev–Trinajstić information content (AvgIpc) is 2.86. The predicted octanol–water partition coefficient (Wildman–Crippen LogP) is 1.73. The van der Waals surface area contributed by atoms with E-state index >= 15 is 0 Å². The molecule has 0 unspecified atom stereocenters. The van der Waals surface area contributed by atoms with Crippen molar-refractivity contribution < 1.29 is 17.9 Å². The maximum atomic E-state index is 12.5. The summed E-state index contributed by atoms with van der Waals surface area (Å²) in [6, 6.07) is 5.97. The Balaban J connectivity index is 1.90. The summed E-state index contributed by atoms with van der Waals surface area (Å²) in [4.78, 5) is 11.7. The van der Waals surface area contributed by atoms with Crippen molar-refractivity contribution in [2.75, 3.05) is 10.0 Å². The van der Waals surface area contributed by atoms with Gasteiger partial charge in [-0.2, -0.15) is 5.10 Å². The second-order valence-corrected chi connectivity index (χ2v) is 7.18. The number of fused-ring (bicyclic) bond motifs is 1. The summed E-state index contributed by atoms with van der Waals surface area (Å²) in [6.45, 7) is 6.04. The minimum Gasteiger partial charge on any atom is -0.479 e. The smallest absolute Gasteiger partial charge is 0.265 e. The van der Waals surface area contributed by atoms with Gasteiger partial charge in [0.15, 0.2) is 11.9 Å². The van der Waals surface area contributed by atoms with Crippen LogP contribution in [0.3, 0.4) is 0 Å². The Kier molecular flexibility index (Phi) is 3.96. The van der Waals surface area contributed by atoms with Gasteiger partial charge < -0.3 is 10.1 Å². The fourth-order valence-corrected chi connectivity index (χ4v) is 3.44. The van der Waals surface area contributed by atoms with Crippen molar-refractivity contribution in [2.45, 2.75) is 38.3 Å². The Labute approximate surface area is 139 Å². The maximum Gasteiger partial charge on any atom is 0.265 e. The first-order valence-corrected chi connectivity index (χ1v) is 8.97. The molecule has 0 bridgehead atoms. The number of hydrogen-bond acceptors (Lipinski definition) is 5. The lowest BCUT2D eigenvalue weighted by molar-refractivity contribution is -0.122. The topological polar surface area (TPSA) is 102 Å². The van der Waals surface area contributed by atoms with E-state index in [0.717, 1.165) is 5.69 Å². The first-order valence-electron chi connectivity index (χ1n) is 7.49. The van der Waals surface area contributed by atoms with E-state index in [1.165, 1.54) is 18.2 Å². The van der Waals surface area contributed by atoms with Crippen molar-refractivity contribution >= 4 is 27.4 Å². The molecule has 2 aromatic rings. The van der Waals surface area contributed by atoms with Crippen molar-refractivity contribution in [1.82, 2.24) is 9.78 Å². The van der Waals surface area contributed by atoms with E-state index in [9.17, 15) is 13.2 Å². The molecule has 1 aromatic heterocycles. The summed E-state index contributed by atoms with van der Waals surface area (Å²) in [7, 11) is -3.82. The summed E-state index contributed by atoms with van der Waals surface area (Å²) in [5.41, 5.74) is 1.19. The second-order valence-electron chi connectivity index (χ2n) is 5.50. The molecule has 24 heavy (non-hydrogen) atoms. The van der Waals surface area contributed by atoms with Crippen molar-refractivity contribution in [3.05, 3.63) is 30.0 Å². The molecule has 2 heterocycles. The van der Waals surface area contributed by atoms with Gasteiger partial charge in [0.05, 0.1) is 10.6 Å². The predicted molar refractivity (Wildman–Crippen MR) is 88.6 cm³/mol. The van der Waals surface area contributed by atoms with Crippen LogP contribution in [0.2, 0.25) is 0 Å². The van der Waals surface area contributed by atoms with Gasteiger partial charge in [0, 0.05) is 18.3 Å². The van der Waals surface area contributed by atoms with Gasteiger partial charge in [0.1, 0.15) is 5.75 Å². The molecule has 8 nitrogen and oxygen atoms in total. The van der Waals surface area contributed by atoms with Crippen LogP contribution in [-0.4, -0.2) is 30.2 Å². The summed E-state index contributed by atoms with van der Waals surface area (Å²) >= 11 is 0. The number of rotatable bonds is 4. The highest BCUT2D eigenvalue weighted by atomic mass is 32.2. The van der Waals surface area contributed by atoms with Crippen LogP contribution in [0.25, 0.3) is 0 Å². The molecule has 1 aromatic carbocycles. The number of amides is 1. The molecule has 0 aliphatic carbocycles. The van der Waals surface area contributed by atoms with Crippen LogP contribution >= 0.6 is 0 Å². The summed E-state index contributed by atoms with van der Waals surface area (Å²) < 4.78 is 34.6. The normalized spacial score (nSPS) is 17.0. The molecule has 0 saturated heterocycles. The first-order chi connectivity index (χ1) is 11.3. The highest BCUT2D eigenvalue weighted by molar-refractivity contribution is 7.92. The first kappa shape index (κ1) is 16.3. The van der Waals surface area contributed by atoms with Crippen molar-refractivity contribution in [3.63, 3.8) is 0 Å². The van der Waals surface area contributed by atoms with E-state index in [1.54, 1.807) is 17.7 Å². The molecule has 2 N–H and O–H groups in total. The molecule has 1 aliphatic heterocycles. The fourth-order valence-electron chi connectivity index (χ4n) is 2.43. The van der Waals surface area contributed by atoms with E-state index in [4.69, 9.17) is 4.74 Å². The number of nitrogens with zero attached hydrogens (tertiary/aromatic N) is 2. The molecule has 0 fully saturated rings. The largest absolute Gasteiger partial charge is 0.479 e. The minimum atomic E-state index is -3.82. The van der Waals surface area contributed by atoms with Crippen LogP contribution in [0.1, 0.15) is 19.5 Å². The molecule has 3 rings (SSSR count). The van der Waals surface area contributed by atoms with Gasteiger partial charge >= 0.3 is 0 Å². The van der Waals surface area contributed by atoms with E-state index in [0.29, 0.717) is 18.0 Å². The SMILES string of the molecule is CCn1nc(NS(=O)(=O)c2ccc3c(c2)NC(=O)[C@H](C)O3)cc1C. The van der Waals surface area contributed by atoms with Crippen LogP contribution in [0.5, 0.6) is 5.75 Å². The van der Waals surface area contributed by atoms with Crippen LogP contribution in [0.4, 0.5) is 11.5 Å². The molecule has 0 spiro atoms. The maximum absolute atomic E-state index is 12.5. The third-order valence-corrected chi connectivity index (χ3v) is 5.06. The average molecular weight is 350 g/mol. The van der Waals surface area contributed by atoms with Crippen molar-refractivity contribution in [1.29, 1.82) is 0 Å². The number of carbonyl (C=O) groups excluding carboxylic acids is 1. The lowest BCUT2D eigenvalue weighted by Crippen LogP contribution is -2.34. The molecule has 9 heteroatoms. The molecule has 1 aliphatic rings. The molecule has 0 saturated carbocycles. The van der Waals surface area contributed by atoms with Gasteiger partial charge in [-0.05, 0) is 39.0 Å². The third-order valence-electron chi connectivity index (χ3n) is 3.71. The zero-order chi connectivity index (χ0) is 17.5. The Morgan fingerprint density at radius 3 is 2.79 bits per heavy atom. The number of benzene rings is 1. The lowest BCUT2D eigenvalue weighted by Gasteiger charge is -2.23. The highest BCUT2D eigenvalue weighted by Crippen LogP contribution is 2.32. The number of aromatic nitrogens is 2. The van der Waals surface area contributed by atoms with E-state index in [1.807, 2.05) is 13.8 Å². The zero-order valence-electron chi connectivity index (χ0n) is 13.5. The number of anilines is 2. The third kappa shape index (κ3) is 2.94. The van der Waals surface area contributed by atoms with E-state index in [2.05, 4.69) is 15.1 Å². The van der Waals surface area contributed by atoms with Gasteiger partial charge in [0.2, 0.25) is 0 Å². The summed E-state index contributed by atoms with van der Waals surface area (Å²) in [6.07, 6.45) is -0.612. The summed E-state index contributed by atoms with van der Waals surface area (Å²) in [5, 5.41) is 6.81. The Morgan fingerprint density at radius 1 is 1.38 bits per heavy atom. The molecule has 1 atom stereocenters. The molecule has 0 radical (unpaired) electrons. The van der Waals surface area contributed by atoms with Gasteiger partial charge in [-0.3, -0.25) is 14.2 Å². The Bertz CT molecular complexity index is 904. The number of sulfonamides is 1. The van der Waals surface area contributed by atoms with Gasteiger partial charge in [-0.15, -0.1) is 0 Å². The Hall–Kier alpha value is -2.55. The second kappa shape index (κ2) is 5.82. The molecule has 128 valence electrons. The molecular weight excluding hydrogens is 332 g/mol. The number of aryl methyl sites for hydroxylation is 2. The number of ether oxygens (including phenoxy) is 1. The number of nitrogens with one attached hydrogen (secondary N) is 2. The van der Waals surface area contributed by atoms with E-state index < -0.39 is 16.1 Å². The standard InChI is InChI=1S/C15H18N4O4S/c1-4-19-9(2)7-14(17-19)18-24(21,22)11-5-6-13-12(8-11)16-15(20)10(3)23-13/h5-8,10H,4H2,1-3H3,(H,16,20)(H,17,18)/t10-/m0/s1. The zero-order valence-corrected chi connectivity index (χ0v) is 14.3. The lowest BCUT2D eigenvalue weighted by atomic mass is 10.2. The van der Waals surface area contributed by atoms with Gasteiger partial charge in [-0.1, -0.05) is 0 Å². The van der Waals surface area contributed by atoms with Crippen molar-refractivity contribution in [2.24, 2.45) is 0 Å². The molecular formula is C15H18N4O4S. The van der Waals surface area contributed by atoms with E-state index in [-0.39, 0.29) is 16.6 Å². The van der Waals surface area contributed by atoms with Crippen LogP contribution < -0.4 is 14.8 Å². The minimum absolute atomic E-state index is 0.0170. The Morgan fingerprint density at radius 2 is 2.12 bits per heavy atom. The highest BCUT2D eigenvalue weighted by Gasteiger charge is 2.26. The summed E-state index contributed by atoms with van der Waals surface area (Å²) in [5.74, 6) is 0.371. The molecule has 1 amide bonds. The number of hydrogen-bond donors (Lipinski definition) is 2. The van der Waals surface area contributed by atoms with Crippen LogP contribution in [0, 0.1) is 6.92 Å². The van der Waals surface area contributed by atoms with Gasteiger partial charge in [-0.25, -0.2) is 8.42 Å². The quantitative estimate of drug-likeness (QED) is 0.874. The van der Waals surface area contributed by atoms with Crippen molar-refractivity contribution in [3.8, 4) is 5.75 Å². The number of carbonyl (C=O) groups is 1.